The van der Waals surface area contributed by atoms with E-state index in [1.54, 1.807) is 12.5 Å². The van der Waals surface area contributed by atoms with Crippen LogP contribution in [0.15, 0.2) is 29.1 Å². The van der Waals surface area contributed by atoms with E-state index in [0.29, 0.717) is 0 Å². The van der Waals surface area contributed by atoms with E-state index in [0.717, 1.165) is 19.5 Å². The zero-order valence-electron chi connectivity index (χ0n) is 9.46. The fraction of sp³-hybridized carbons (Fsp3) is 0.167. The minimum absolute atomic E-state index is 0.835. The maximum atomic E-state index is 4.21. The average Bonchev–Trinajstić information content (AvgIpc) is 2.29. The Labute approximate surface area is 122 Å². The van der Waals surface area contributed by atoms with Crippen molar-refractivity contribution in [2.75, 3.05) is 5.32 Å². The van der Waals surface area contributed by atoms with Crippen LogP contribution in [0.2, 0.25) is 0 Å². The van der Waals surface area contributed by atoms with Crippen LogP contribution >= 0.6 is 38.5 Å². The predicted molar refractivity (Wildman–Crippen MR) is 81.6 cm³/mol. The molecule has 0 atom stereocenters. The van der Waals surface area contributed by atoms with Crippen LogP contribution in [0.25, 0.3) is 0 Å². The minimum Gasteiger partial charge on any atom is -0.339 e. The molecule has 88 valence electrons. The molecule has 0 amide bonds. The molecule has 0 saturated heterocycles. The third-order valence-corrected chi connectivity index (χ3v) is 4.41. The van der Waals surface area contributed by atoms with Crippen LogP contribution in [-0.4, -0.2) is 9.97 Å². The van der Waals surface area contributed by atoms with Gasteiger partial charge in [-0.2, -0.15) is 0 Å². The number of benzene rings is 1. The van der Waals surface area contributed by atoms with Gasteiger partial charge in [0, 0.05) is 16.4 Å². The van der Waals surface area contributed by atoms with Crippen LogP contribution in [0.1, 0.15) is 11.1 Å². The zero-order valence-corrected chi connectivity index (χ0v) is 13.2. The molecule has 3 nitrogen and oxygen atoms in total. The van der Waals surface area contributed by atoms with Gasteiger partial charge in [0.25, 0.3) is 0 Å². The Morgan fingerprint density at radius 2 is 1.88 bits per heavy atom. The van der Waals surface area contributed by atoms with Gasteiger partial charge in [0.2, 0.25) is 0 Å². The van der Waals surface area contributed by atoms with Gasteiger partial charge < -0.3 is 5.32 Å². The third kappa shape index (κ3) is 2.95. The molecule has 5 heteroatoms. The second-order valence-corrected chi connectivity index (χ2v) is 5.72. The summed E-state index contributed by atoms with van der Waals surface area (Å²) in [7, 11) is 0. The molecule has 1 heterocycles. The highest BCUT2D eigenvalue weighted by Crippen LogP contribution is 2.27. The van der Waals surface area contributed by atoms with E-state index in [-0.39, 0.29) is 0 Å². The molecule has 1 N–H and O–H groups in total. The number of halogens is 2. The lowest BCUT2D eigenvalue weighted by Crippen LogP contribution is -1.98. The number of nitrogens with zero attached hydrogens (tertiary/aromatic N) is 2. The Hall–Kier alpha value is -0.690. The summed E-state index contributed by atoms with van der Waals surface area (Å²) in [5, 5.41) is 3.30. The Morgan fingerprint density at radius 3 is 2.47 bits per heavy atom. The molecule has 0 saturated carbocycles. The minimum atomic E-state index is 0.835. The number of nitrogens with one attached hydrogen (secondary N) is 1. The van der Waals surface area contributed by atoms with Crippen molar-refractivity contribution < 1.29 is 0 Å². The molecule has 0 bridgehead atoms. The zero-order chi connectivity index (χ0) is 12.4. The summed E-state index contributed by atoms with van der Waals surface area (Å²) in [4.78, 5) is 8.18. The first kappa shape index (κ1) is 12.8. The fourth-order valence-corrected chi connectivity index (χ4v) is 2.22. The Kier molecular flexibility index (Phi) is 3.98. The largest absolute Gasteiger partial charge is 0.339 e. The molecule has 1 aromatic carbocycles. The molecular formula is C12H11BrIN3. The summed E-state index contributed by atoms with van der Waals surface area (Å²) in [6.07, 6.45) is 3.33. The first-order valence-electron chi connectivity index (χ1n) is 5.07. The molecule has 0 aliphatic heterocycles. The topological polar surface area (TPSA) is 37.8 Å². The quantitative estimate of drug-likeness (QED) is 0.763. The summed E-state index contributed by atoms with van der Waals surface area (Å²) in [6.45, 7) is 4.15. The lowest BCUT2D eigenvalue weighted by atomic mass is 10.1. The molecule has 2 rings (SSSR count). The fourth-order valence-electron chi connectivity index (χ4n) is 1.56. The van der Waals surface area contributed by atoms with Crippen LogP contribution in [-0.2, 0) is 0 Å². The lowest BCUT2D eigenvalue weighted by Gasteiger charge is -2.10. The molecule has 2 aromatic rings. The number of anilines is 2. The SMILES string of the molecule is Cc1cc(Nc2ncncc2I)cc(C)c1Br. The maximum Gasteiger partial charge on any atom is 0.147 e. The summed E-state index contributed by atoms with van der Waals surface area (Å²) in [6, 6.07) is 4.19. The van der Waals surface area contributed by atoms with Crippen LogP contribution in [0.3, 0.4) is 0 Å². The van der Waals surface area contributed by atoms with Crippen molar-refractivity contribution in [1.29, 1.82) is 0 Å². The van der Waals surface area contributed by atoms with Crippen LogP contribution in [0.5, 0.6) is 0 Å². The van der Waals surface area contributed by atoms with Crippen molar-refractivity contribution in [1.82, 2.24) is 9.97 Å². The van der Waals surface area contributed by atoms with E-state index in [1.807, 2.05) is 0 Å². The van der Waals surface area contributed by atoms with Gasteiger partial charge in [-0.3, -0.25) is 0 Å². The maximum absolute atomic E-state index is 4.21. The van der Waals surface area contributed by atoms with E-state index in [4.69, 9.17) is 0 Å². The van der Waals surface area contributed by atoms with Gasteiger partial charge in [-0.05, 0) is 59.7 Å². The monoisotopic (exact) mass is 403 g/mol. The van der Waals surface area contributed by atoms with E-state index in [2.05, 4.69) is 79.8 Å². The standard InChI is InChI=1S/C12H11BrIN3/c1-7-3-9(4-8(2)11(7)13)17-12-10(14)5-15-6-16-12/h3-6H,1-2H3,(H,15,16,17). The van der Waals surface area contributed by atoms with Crippen molar-refractivity contribution in [3.05, 3.63) is 43.8 Å². The van der Waals surface area contributed by atoms with Crippen molar-refractivity contribution in [3.63, 3.8) is 0 Å². The van der Waals surface area contributed by atoms with Gasteiger partial charge in [-0.15, -0.1) is 0 Å². The molecule has 0 unspecified atom stereocenters. The van der Waals surface area contributed by atoms with Crippen molar-refractivity contribution in [2.45, 2.75) is 13.8 Å². The van der Waals surface area contributed by atoms with Gasteiger partial charge in [0.15, 0.2) is 0 Å². The number of aromatic nitrogens is 2. The summed E-state index contributed by atoms with van der Waals surface area (Å²) in [5.74, 6) is 0.835. The van der Waals surface area contributed by atoms with Crippen LogP contribution < -0.4 is 5.32 Å². The molecule has 0 fully saturated rings. The highest BCUT2D eigenvalue weighted by atomic mass is 127. The molecule has 0 spiro atoms. The van der Waals surface area contributed by atoms with Gasteiger partial charge in [-0.25, -0.2) is 9.97 Å². The van der Waals surface area contributed by atoms with Gasteiger partial charge in [0.1, 0.15) is 12.1 Å². The van der Waals surface area contributed by atoms with Gasteiger partial charge in [-0.1, -0.05) is 15.9 Å². The van der Waals surface area contributed by atoms with E-state index >= 15 is 0 Å². The Balaban J connectivity index is 2.34. The Morgan fingerprint density at radius 1 is 1.24 bits per heavy atom. The highest BCUT2D eigenvalue weighted by molar-refractivity contribution is 14.1. The molecule has 17 heavy (non-hydrogen) atoms. The number of hydrogen-bond donors (Lipinski definition) is 1. The summed E-state index contributed by atoms with van der Waals surface area (Å²) in [5.41, 5.74) is 3.45. The smallest absolute Gasteiger partial charge is 0.147 e. The highest BCUT2D eigenvalue weighted by Gasteiger charge is 2.05. The van der Waals surface area contributed by atoms with Crippen LogP contribution in [0, 0.1) is 17.4 Å². The van der Waals surface area contributed by atoms with E-state index in [9.17, 15) is 0 Å². The Bertz CT molecular complexity index is 534. The number of hydrogen-bond acceptors (Lipinski definition) is 3. The first-order valence-corrected chi connectivity index (χ1v) is 6.94. The number of rotatable bonds is 2. The second-order valence-electron chi connectivity index (χ2n) is 3.77. The molecule has 0 radical (unpaired) electrons. The molecular weight excluding hydrogens is 393 g/mol. The molecule has 0 aliphatic carbocycles. The van der Waals surface area contributed by atoms with Gasteiger partial charge >= 0.3 is 0 Å². The molecule has 1 aromatic heterocycles. The van der Waals surface area contributed by atoms with Gasteiger partial charge in [0.05, 0.1) is 3.57 Å². The summed E-state index contributed by atoms with van der Waals surface area (Å²) >= 11 is 5.77. The summed E-state index contributed by atoms with van der Waals surface area (Å²) < 4.78 is 2.16. The predicted octanol–water partition coefficient (Wildman–Crippen LogP) is 4.20. The van der Waals surface area contributed by atoms with Crippen LogP contribution in [0.4, 0.5) is 11.5 Å². The van der Waals surface area contributed by atoms with Crippen molar-refractivity contribution >= 4 is 50.0 Å². The first-order chi connectivity index (χ1) is 8.08. The average molecular weight is 404 g/mol. The van der Waals surface area contributed by atoms with E-state index < -0.39 is 0 Å². The van der Waals surface area contributed by atoms with Crippen molar-refractivity contribution in [2.24, 2.45) is 0 Å². The van der Waals surface area contributed by atoms with E-state index in [1.165, 1.54) is 11.1 Å². The number of aryl methyl sites for hydroxylation is 2. The second kappa shape index (κ2) is 5.30. The lowest BCUT2D eigenvalue weighted by molar-refractivity contribution is 1.15. The molecule has 0 aliphatic rings. The third-order valence-electron chi connectivity index (χ3n) is 2.37. The van der Waals surface area contributed by atoms with Crippen molar-refractivity contribution in [3.8, 4) is 0 Å². The normalized spacial score (nSPS) is 10.4.